The van der Waals surface area contributed by atoms with Crippen LogP contribution in [0.25, 0.3) is 0 Å². The van der Waals surface area contributed by atoms with Gasteiger partial charge in [0.15, 0.2) is 0 Å². The molecule has 0 aromatic heterocycles. The Hall–Kier alpha value is -0.420. The molecule has 195 valence electrons. The van der Waals surface area contributed by atoms with E-state index in [4.69, 9.17) is 4.55 Å². The largest absolute Gasteiger partial charge is 0.460 e. The van der Waals surface area contributed by atoms with Crippen LogP contribution >= 0.6 is 0 Å². The van der Waals surface area contributed by atoms with Crippen molar-refractivity contribution in [3.63, 3.8) is 0 Å². The fraction of sp³-hybridized carbons (Fsp3) is 1.00. The molecule has 0 aliphatic rings. The minimum Gasteiger partial charge on any atom is -0.281 e. The molecule has 1 radical (unpaired) electrons. The Morgan fingerprint density at radius 2 is 0.576 bits per heavy atom. The summed E-state index contributed by atoms with van der Waals surface area (Å²) in [5, 5.41) is -7.96. The van der Waals surface area contributed by atoms with E-state index in [-0.39, 0.29) is 29.6 Å². The quantitative estimate of drug-likeness (QED) is 0.250. The third kappa shape index (κ3) is 4.26. The van der Waals surface area contributed by atoms with Crippen LogP contribution in [-0.2, 0) is 10.1 Å². The van der Waals surface area contributed by atoms with Crippen molar-refractivity contribution in [1.82, 2.24) is 0 Å². The van der Waals surface area contributed by atoms with Crippen LogP contribution in [-0.4, -0.2) is 95.4 Å². The van der Waals surface area contributed by atoms with Gasteiger partial charge in [-0.15, -0.1) is 0 Å². The van der Waals surface area contributed by atoms with E-state index in [0.29, 0.717) is 0 Å². The van der Waals surface area contributed by atoms with Crippen LogP contribution in [0.5, 0.6) is 0 Å². The zero-order chi connectivity index (χ0) is 27.0. The van der Waals surface area contributed by atoms with Crippen molar-refractivity contribution >= 4 is 39.7 Å². The summed E-state index contributed by atoms with van der Waals surface area (Å²) in [6.45, 7) is 0. The number of halogens is 19. The van der Waals surface area contributed by atoms with E-state index in [2.05, 4.69) is 0 Å². The molecule has 0 atom stereocenters. The first kappa shape index (κ1) is 34.7. The molecule has 0 spiro atoms. The van der Waals surface area contributed by atoms with Crippen LogP contribution in [0.15, 0.2) is 0 Å². The average molecular weight is 573 g/mol. The second kappa shape index (κ2) is 8.32. The van der Waals surface area contributed by atoms with Gasteiger partial charge in [0.2, 0.25) is 0 Å². The van der Waals surface area contributed by atoms with Crippen LogP contribution < -0.4 is 0 Å². The van der Waals surface area contributed by atoms with Gasteiger partial charge in [0.25, 0.3) is 0 Å². The topological polar surface area (TPSA) is 54.4 Å². The number of rotatable bonds is 8. The van der Waals surface area contributed by atoms with E-state index in [9.17, 15) is 91.8 Å². The second-order valence-corrected chi connectivity index (χ2v) is 6.97. The molecule has 0 aromatic carbocycles. The maximum absolute atomic E-state index is 13.2. The standard InChI is InChI=1S/C9HF19O3S.Na/c10-1(11,2(12,13)4(16,17)6(20,21)8(24,25)26)3(14,15)5(18,19)7(22,23)9(27,28)32(29,30)31;/h(H,29,30,31);. The summed E-state index contributed by atoms with van der Waals surface area (Å²) in [5.74, 6) is -62.2. The molecule has 24 heteroatoms. The summed E-state index contributed by atoms with van der Waals surface area (Å²) in [7, 11) is -8.00. The van der Waals surface area contributed by atoms with E-state index >= 15 is 0 Å². The van der Waals surface area contributed by atoms with Crippen molar-refractivity contribution in [3.05, 3.63) is 0 Å². The summed E-state index contributed by atoms with van der Waals surface area (Å²) in [5.41, 5.74) is 0. The van der Waals surface area contributed by atoms with Crippen molar-refractivity contribution in [2.45, 2.75) is 52.9 Å². The van der Waals surface area contributed by atoms with E-state index in [1.807, 2.05) is 0 Å². The molecule has 0 saturated heterocycles. The molecule has 1 N–H and O–H groups in total. The number of hydrogen-bond acceptors (Lipinski definition) is 2. The first-order valence-corrected chi connectivity index (χ1v) is 7.75. The van der Waals surface area contributed by atoms with Gasteiger partial charge in [-0.2, -0.15) is 91.8 Å². The fourth-order valence-electron chi connectivity index (χ4n) is 1.51. The third-order valence-electron chi connectivity index (χ3n) is 3.41. The second-order valence-electron chi connectivity index (χ2n) is 5.51. The third-order valence-corrected chi connectivity index (χ3v) is 4.32. The van der Waals surface area contributed by atoms with E-state index in [1.54, 1.807) is 0 Å². The van der Waals surface area contributed by atoms with Gasteiger partial charge in [-0.3, -0.25) is 4.55 Å². The van der Waals surface area contributed by atoms with Gasteiger partial charge >= 0.3 is 63.0 Å². The number of alkyl halides is 19. The maximum atomic E-state index is 13.2. The fourth-order valence-corrected chi connectivity index (χ4v) is 1.96. The molecule has 33 heavy (non-hydrogen) atoms. The average Bonchev–Trinajstić information content (AvgIpc) is 2.51. The van der Waals surface area contributed by atoms with Gasteiger partial charge in [0, 0.05) is 29.6 Å². The van der Waals surface area contributed by atoms with Crippen LogP contribution in [0.1, 0.15) is 0 Å². The molecule has 0 bridgehead atoms. The molecular weight excluding hydrogens is 572 g/mol. The molecular formula is C9HF19NaO3S. The number of hydrogen-bond donors (Lipinski definition) is 1. The summed E-state index contributed by atoms with van der Waals surface area (Å²) in [6, 6.07) is 0. The zero-order valence-electron chi connectivity index (χ0n) is 14.4. The first-order chi connectivity index (χ1) is 13.2. The van der Waals surface area contributed by atoms with E-state index < -0.39 is 63.0 Å². The van der Waals surface area contributed by atoms with Gasteiger partial charge < -0.3 is 0 Å². The molecule has 0 fully saturated rings. The van der Waals surface area contributed by atoms with Crippen molar-refractivity contribution < 1.29 is 96.4 Å². The maximum Gasteiger partial charge on any atom is 0.460 e. The first-order valence-electron chi connectivity index (χ1n) is 6.31. The predicted molar refractivity (Wildman–Crippen MR) is 62.9 cm³/mol. The van der Waals surface area contributed by atoms with Crippen molar-refractivity contribution in [1.29, 1.82) is 0 Å². The molecule has 3 nitrogen and oxygen atoms in total. The Balaban J connectivity index is 0. The molecule has 0 aromatic rings. The van der Waals surface area contributed by atoms with Crippen LogP contribution in [0.2, 0.25) is 0 Å². The van der Waals surface area contributed by atoms with E-state index in [1.165, 1.54) is 0 Å². The summed E-state index contributed by atoms with van der Waals surface area (Å²) in [6.07, 6.45) is -7.99. The smallest absolute Gasteiger partial charge is 0.281 e. The van der Waals surface area contributed by atoms with E-state index in [0.717, 1.165) is 0 Å². The summed E-state index contributed by atoms with van der Waals surface area (Å²) >= 11 is 0. The van der Waals surface area contributed by atoms with Gasteiger partial charge in [-0.1, -0.05) is 0 Å². The molecule has 0 unspecified atom stereocenters. The normalized spacial score (nSPS) is 16.5. The summed E-state index contributed by atoms with van der Waals surface area (Å²) in [4.78, 5) is 0. The minimum absolute atomic E-state index is 0. The van der Waals surface area contributed by atoms with Crippen molar-refractivity contribution in [3.8, 4) is 0 Å². The van der Waals surface area contributed by atoms with Crippen LogP contribution in [0.4, 0.5) is 83.4 Å². The Kier molecular flexibility index (Phi) is 8.76. The van der Waals surface area contributed by atoms with Crippen LogP contribution in [0.3, 0.4) is 0 Å². The molecule has 0 saturated carbocycles. The van der Waals surface area contributed by atoms with Gasteiger partial charge in [-0.05, 0) is 0 Å². The van der Waals surface area contributed by atoms with Crippen molar-refractivity contribution in [2.24, 2.45) is 0 Å². The van der Waals surface area contributed by atoms with Crippen LogP contribution in [0, 0.1) is 0 Å². The SMILES string of the molecule is O=S(=O)(O)C(F)(F)C(F)(F)C(F)(F)C(F)(F)C(F)(F)C(F)(F)C(F)(F)C(F)(F)C(F)(F)F.[Na]. The van der Waals surface area contributed by atoms with Crippen molar-refractivity contribution in [2.75, 3.05) is 0 Å². The van der Waals surface area contributed by atoms with Gasteiger partial charge in [0.05, 0.1) is 0 Å². The monoisotopic (exact) mass is 573 g/mol. The van der Waals surface area contributed by atoms with Gasteiger partial charge in [-0.25, -0.2) is 0 Å². The minimum atomic E-state index is -9.15. The molecule has 0 heterocycles. The molecule has 0 aliphatic carbocycles. The summed E-state index contributed by atoms with van der Waals surface area (Å²) < 4.78 is 270. The Morgan fingerprint density at radius 3 is 0.758 bits per heavy atom. The molecule has 0 rings (SSSR count). The molecule has 0 amide bonds. The predicted octanol–water partition coefficient (Wildman–Crippen LogP) is 5.10. The Labute approximate surface area is 189 Å². The Bertz CT molecular complexity index is 828. The van der Waals surface area contributed by atoms with Gasteiger partial charge in [0.1, 0.15) is 0 Å². The molecule has 0 aliphatic heterocycles. The zero-order valence-corrected chi connectivity index (χ0v) is 17.2. The Morgan fingerprint density at radius 1 is 0.394 bits per heavy atom.